The highest BCUT2D eigenvalue weighted by Crippen LogP contribution is 2.33. The highest BCUT2D eigenvalue weighted by atomic mass is 19.3. The fourth-order valence-corrected chi connectivity index (χ4v) is 3.44. The summed E-state index contributed by atoms with van der Waals surface area (Å²) >= 11 is 0. The maximum atomic E-state index is 14.6. The van der Waals surface area contributed by atoms with Gasteiger partial charge in [0.05, 0.1) is 31.0 Å². The number of rotatable bonds is 6. The van der Waals surface area contributed by atoms with Crippen LogP contribution in [0.2, 0.25) is 0 Å². The van der Waals surface area contributed by atoms with Crippen molar-refractivity contribution in [2.24, 2.45) is 0 Å². The van der Waals surface area contributed by atoms with Crippen molar-refractivity contribution in [2.75, 3.05) is 18.0 Å². The van der Waals surface area contributed by atoms with Crippen LogP contribution in [0.4, 0.5) is 23.2 Å². The lowest BCUT2D eigenvalue weighted by Gasteiger charge is -2.18. The lowest BCUT2D eigenvalue weighted by atomic mass is 10.1. The first-order chi connectivity index (χ1) is 15.6. The van der Waals surface area contributed by atoms with Gasteiger partial charge in [-0.3, -0.25) is 14.6 Å². The number of ether oxygens (including phenoxy) is 1. The average Bonchev–Trinajstić information content (AvgIpc) is 3.07. The SMILES string of the molecule is O=c1[nH]cc(-c2cc(N3CC(OCc4ccc(C(F)F)cc4)C(F)(F)C3)c(=O)[nH]n2)c(=O)[nH]1. The molecule has 4 rings (SSSR count). The summed E-state index contributed by atoms with van der Waals surface area (Å²) in [6, 6.07) is 6.29. The molecule has 0 radical (unpaired) electrons. The zero-order chi connectivity index (χ0) is 23.8. The number of halogens is 4. The van der Waals surface area contributed by atoms with Crippen molar-refractivity contribution < 1.29 is 22.3 Å². The van der Waals surface area contributed by atoms with Crippen LogP contribution in [0.3, 0.4) is 0 Å². The molecule has 1 fully saturated rings. The lowest BCUT2D eigenvalue weighted by molar-refractivity contribution is -0.110. The number of hydrogen-bond donors (Lipinski definition) is 3. The lowest BCUT2D eigenvalue weighted by Crippen LogP contribution is -2.34. The maximum Gasteiger partial charge on any atom is 0.325 e. The molecule has 33 heavy (non-hydrogen) atoms. The van der Waals surface area contributed by atoms with Crippen molar-refractivity contribution in [3.8, 4) is 11.3 Å². The van der Waals surface area contributed by atoms with E-state index in [-0.39, 0.29) is 35.7 Å². The van der Waals surface area contributed by atoms with Gasteiger partial charge in [0.25, 0.3) is 23.5 Å². The monoisotopic (exact) mass is 467 g/mol. The van der Waals surface area contributed by atoms with Gasteiger partial charge in [-0.2, -0.15) is 5.10 Å². The van der Waals surface area contributed by atoms with E-state index in [9.17, 15) is 31.9 Å². The van der Waals surface area contributed by atoms with Crippen LogP contribution in [0.5, 0.6) is 0 Å². The van der Waals surface area contributed by atoms with Gasteiger partial charge in [-0.1, -0.05) is 24.3 Å². The Balaban J connectivity index is 1.53. The summed E-state index contributed by atoms with van der Waals surface area (Å²) in [6.07, 6.45) is -3.11. The smallest absolute Gasteiger partial charge is 0.325 e. The normalized spacial score (nSPS) is 17.6. The molecule has 1 saturated heterocycles. The van der Waals surface area contributed by atoms with E-state index >= 15 is 0 Å². The minimum atomic E-state index is -3.31. The first-order valence-electron chi connectivity index (χ1n) is 9.67. The van der Waals surface area contributed by atoms with Gasteiger partial charge < -0.3 is 14.6 Å². The van der Waals surface area contributed by atoms with Gasteiger partial charge in [-0.15, -0.1) is 0 Å². The van der Waals surface area contributed by atoms with Crippen LogP contribution in [0.15, 0.2) is 50.9 Å². The molecule has 1 aliphatic rings. The average molecular weight is 467 g/mol. The first-order valence-corrected chi connectivity index (χ1v) is 9.67. The van der Waals surface area contributed by atoms with Gasteiger partial charge in [0.1, 0.15) is 11.8 Å². The summed E-state index contributed by atoms with van der Waals surface area (Å²) in [6.45, 7) is -1.39. The molecule has 2 aromatic heterocycles. The van der Waals surface area contributed by atoms with E-state index < -0.39 is 41.8 Å². The Morgan fingerprint density at radius 1 is 1.15 bits per heavy atom. The molecule has 9 nitrogen and oxygen atoms in total. The molecular formula is C20H17F4N5O4. The Morgan fingerprint density at radius 3 is 2.55 bits per heavy atom. The molecule has 13 heteroatoms. The second kappa shape index (κ2) is 8.65. The minimum Gasteiger partial charge on any atom is -0.365 e. The number of aromatic nitrogens is 4. The zero-order valence-corrected chi connectivity index (χ0v) is 16.8. The highest BCUT2D eigenvalue weighted by molar-refractivity contribution is 5.62. The van der Waals surface area contributed by atoms with E-state index in [1.807, 2.05) is 4.98 Å². The van der Waals surface area contributed by atoms with Crippen LogP contribution < -0.4 is 21.7 Å². The zero-order valence-electron chi connectivity index (χ0n) is 16.8. The Kier molecular flexibility index (Phi) is 5.89. The number of anilines is 1. The van der Waals surface area contributed by atoms with Crippen LogP contribution in [-0.2, 0) is 11.3 Å². The quantitative estimate of drug-likeness (QED) is 0.475. The molecular weight excluding hydrogens is 450 g/mol. The molecule has 1 aromatic carbocycles. The fourth-order valence-electron chi connectivity index (χ4n) is 3.44. The van der Waals surface area contributed by atoms with E-state index in [1.54, 1.807) is 0 Å². The Morgan fingerprint density at radius 2 is 1.88 bits per heavy atom. The van der Waals surface area contributed by atoms with Crippen molar-refractivity contribution in [2.45, 2.75) is 25.1 Å². The Hall–Kier alpha value is -3.74. The second-order valence-electron chi connectivity index (χ2n) is 7.44. The number of nitrogens with one attached hydrogen (secondary N) is 3. The van der Waals surface area contributed by atoms with E-state index in [2.05, 4.69) is 15.2 Å². The predicted octanol–water partition coefficient (Wildman–Crippen LogP) is 1.79. The van der Waals surface area contributed by atoms with Crippen molar-refractivity contribution in [3.63, 3.8) is 0 Å². The van der Waals surface area contributed by atoms with E-state index in [4.69, 9.17) is 4.74 Å². The predicted molar refractivity (Wildman–Crippen MR) is 109 cm³/mol. The summed E-state index contributed by atoms with van der Waals surface area (Å²) in [5, 5.41) is 5.90. The molecule has 3 aromatic rings. The molecule has 3 N–H and O–H groups in total. The third-order valence-corrected chi connectivity index (χ3v) is 5.16. The summed E-state index contributed by atoms with van der Waals surface area (Å²) in [7, 11) is 0. The molecule has 0 bridgehead atoms. The summed E-state index contributed by atoms with van der Waals surface area (Å²) in [5.74, 6) is -3.31. The van der Waals surface area contributed by atoms with Crippen LogP contribution in [-0.4, -0.2) is 45.3 Å². The number of H-pyrrole nitrogens is 3. The van der Waals surface area contributed by atoms with Crippen LogP contribution in [0.1, 0.15) is 17.6 Å². The molecule has 1 aliphatic heterocycles. The maximum absolute atomic E-state index is 14.6. The van der Waals surface area contributed by atoms with Crippen LogP contribution in [0, 0.1) is 0 Å². The highest BCUT2D eigenvalue weighted by Gasteiger charge is 2.49. The number of hydrogen-bond acceptors (Lipinski definition) is 6. The summed E-state index contributed by atoms with van der Waals surface area (Å²) < 4.78 is 59.8. The standard InChI is InChI=1S/C20H17F4N5O4/c21-16(22)11-3-1-10(2-4-11)8-33-15-7-29(9-20(15,23)24)14-5-13(27-28-18(14)31)12-6-25-19(32)26-17(12)30/h1-6,15-16H,7-9H2,(H,28,31)(H2,25,26,30,32). The van der Waals surface area contributed by atoms with Gasteiger partial charge in [-0.25, -0.2) is 27.5 Å². The van der Waals surface area contributed by atoms with Crippen LogP contribution in [0.25, 0.3) is 11.3 Å². The van der Waals surface area contributed by atoms with Gasteiger partial charge in [0, 0.05) is 11.8 Å². The molecule has 0 saturated carbocycles. The number of nitrogens with zero attached hydrogens (tertiary/aromatic N) is 2. The molecule has 174 valence electrons. The largest absolute Gasteiger partial charge is 0.365 e. The molecule has 3 heterocycles. The molecule has 0 aliphatic carbocycles. The molecule has 0 amide bonds. The Labute approximate surface area is 182 Å². The van der Waals surface area contributed by atoms with Gasteiger partial charge in [0.2, 0.25) is 0 Å². The number of alkyl halides is 4. The van der Waals surface area contributed by atoms with Crippen molar-refractivity contribution in [1.82, 2.24) is 20.2 Å². The summed E-state index contributed by atoms with van der Waals surface area (Å²) in [5.41, 5.74) is -2.27. The van der Waals surface area contributed by atoms with Crippen LogP contribution >= 0.6 is 0 Å². The molecule has 1 atom stereocenters. The topological polar surface area (TPSA) is 124 Å². The number of aromatic amines is 3. The molecule has 0 spiro atoms. The third kappa shape index (κ3) is 4.72. The minimum absolute atomic E-state index is 0.0334. The number of benzene rings is 1. The second-order valence-corrected chi connectivity index (χ2v) is 7.44. The van der Waals surface area contributed by atoms with E-state index in [1.165, 1.54) is 30.3 Å². The van der Waals surface area contributed by atoms with Crippen molar-refractivity contribution in [1.29, 1.82) is 0 Å². The van der Waals surface area contributed by atoms with Gasteiger partial charge >= 0.3 is 5.69 Å². The van der Waals surface area contributed by atoms with E-state index in [0.29, 0.717) is 5.56 Å². The van der Waals surface area contributed by atoms with E-state index in [0.717, 1.165) is 11.1 Å². The van der Waals surface area contributed by atoms with Crippen molar-refractivity contribution >= 4 is 5.69 Å². The first kappa shape index (κ1) is 22.5. The molecule has 1 unspecified atom stereocenters. The fraction of sp³-hybridized carbons (Fsp3) is 0.300. The van der Waals surface area contributed by atoms with Gasteiger partial charge in [-0.05, 0) is 11.6 Å². The van der Waals surface area contributed by atoms with Crippen molar-refractivity contribution in [3.05, 3.63) is 78.8 Å². The van der Waals surface area contributed by atoms with Gasteiger partial charge in [0.15, 0.2) is 0 Å². The third-order valence-electron chi connectivity index (χ3n) is 5.16. The Bertz CT molecular complexity index is 1320. The summed E-state index contributed by atoms with van der Waals surface area (Å²) in [4.78, 5) is 40.8.